The van der Waals surface area contributed by atoms with E-state index >= 15 is 0 Å². The molecule has 8 nitrogen and oxygen atoms in total. The van der Waals surface area contributed by atoms with Crippen molar-refractivity contribution >= 4 is 34.2 Å². The molecule has 0 radical (unpaired) electrons. The van der Waals surface area contributed by atoms with E-state index in [4.69, 9.17) is 9.40 Å². The van der Waals surface area contributed by atoms with Crippen LogP contribution in [0.15, 0.2) is 95.4 Å². The smallest absolute Gasteiger partial charge is 0.336 e. The Hall–Kier alpha value is -5.08. The number of nitro benzene ring substituents is 1. The normalized spacial score (nSPS) is 14.4. The number of non-ortho nitro benzene ring substituents is 1. The number of rotatable bonds is 6. The summed E-state index contributed by atoms with van der Waals surface area (Å²) in [6.07, 6.45) is 1.88. The summed E-state index contributed by atoms with van der Waals surface area (Å²) in [5.74, 6) is 0.0583. The van der Waals surface area contributed by atoms with E-state index in [1.807, 2.05) is 54.6 Å². The number of carboxylic acid groups (broad SMARTS) is 1. The third-order valence-corrected chi connectivity index (χ3v) is 6.82. The lowest BCUT2D eigenvalue weighted by atomic mass is 9.92. The van der Waals surface area contributed by atoms with Crippen molar-refractivity contribution < 1.29 is 19.2 Å². The SMILES string of the molecule is O=C(O)c1c2c(nc3ccccc13)/C(=C\c1ccc(-c3cccc([N+](=O)[O-])c3)o1)CN(Cc1ccccc1)C2. The second-order valence-electron chi connectivity index (χ2n) is 9.45. The molecule has 2 aromatic heterocycles. The summed E-state index contributed by atoms with van der Waals surface area (Å²) in [7, 11) is 0. The minimum absolute atomic E-state index is 0.0150. The van der Waals surface area contributed by atoms with Crippen molar-refractivity contribution in [1.29, 1.82) is 0 Å². The number of nitrogens with zero attached hydrogens (tertiary/aromatic N) is 3. The lowest BCUT2D eigenvalue weighted by Gasteiger charge is -2.31. The number of benzene rings is 3. The van der Waals surface area contributed by atoms with Crippen molar-refractivity contribution in [3.63, 3.8) is 0 Å². The average Bonchev–Trinajstić information content (AvgIpc) is 3.41. The Morgan fingerprint density at radius 2 is 1.79 bits per heavy atom. The van der Waals surface area contributed by atoms with Crippen molar-refractivity contribution in [1.82, 2.24) is 9.88 Å². The number of nitro groups is 1. The van der Waals surface area contributed by atoms with Gasteiger partial charge in [-0.3, -0.25) is 15.0 Å². The van der Waals surface area contributed by atoms with Gasteiger partial charge in [0.2, 0.25) is 0 Å². The third-order valence-electron chi connectivity index (χ3n) is 6.82. The molecule has 0 amide bonds. The van der Waals surface area contributed by atoms with Crippen LogP contribution in [0.1, 0.15) is 32.9 Å². The molecule has 0 unspecified atom stereocenters. The van der Waals surface area contributed by atoms with Crippen LogP contribution in [0.4, 0.5) is 5.69 Å². The monoisotopic (exact) mass is 517 g/mol. The fraction of sp³-hybridized carbons (Fsp3) is 0.0968. The molecule has 1 aliphatic rings. The highest BCUT2D eigenvalue weighted by Gasteiger charge is 2.29. The summed E-state index contributed by atoms with van der Waals surface area (Å²) in [6.45, 7) is 1.62. The van der Waals surface area contributed by atoms with E-state index in [2.05, 4.69) is 4.90 Å². The van der Waals surface area contributed by atoms with E-state index in [0.29, 0.717) is 58.9 Å². The maximum Gasteiger partial charge on any atom is 0.336 e. The number of fused-ring (bicyclic) bond motifs is 2. The zero-order chi connectivity index (χ0) is 26.9. The molecule has 6 rings (SSSR count). The van der Waals surface area contributed by atoms with Crippen LogP contribution >= 0.6 is 0 Å². The molecule has 0 fully saturated rings. The molecule has 3 heterocycles. The first-order valence-electron chi connectivity index (χ1n) is 12.4. The van der Waals surface area contributed by atoms with Gasteiger partial charge in [-0.15, -0.1) is 0 Å². The molecule has 5 aromatic rings. The second-order valence-corrected chi connectivity index (χ2v) is 9.45. The number of para-hydroxylation sites is 1. The summed E-state index contributed by atoms with van der Waals surface area (Å²) < 4.78 is 6.08. The van der Waals surface area contributed by atoms with Crippen LogP contribution in [0.25, 0.3) is 33.9 Å². The van der Waals surface area contributed by atoms with Crippen molar-refractivity contribution in [3.8, 4) is 11.3 Å². The molecule has 1 N–H and O–H groups in total. The quantitative estimate of drug-likeness (QED) is 0.198. The minimum Gasteiger partial charge on any atom is -0.478 e. The van der Waals surface area contributed by atoms with Gasteiger partial charge < -0.3 is 9.52 Å². The van der Waals surface area contributed by atoms with Gasteiger partial charge in [-0.1, -0.05) is 60.7 Å². The fourth-order valence-electron chi connectivity index (χ4n) is 5.11. The first-order valence-corrected chi connectivity index (χ1v) is 12.4. The summed E-state index contributed by atoms with van der Waals surface area (Å²) in [5.41, 5.74) is 4.73. The summed E-state index contributed by atoms with van der Waals surface area (Å²) >= 11 is 0. The predicted molar refractivity (Wildman–Crippen MR) is 148 cm³/mol. The Morgan fingerprint density at radius 3 is 2.59 bits per heavy atom. The van der Waals surface area contributed by atoms with Gasteiger partial charge in [-0.2, -0.15) is 0 Å². The van der Waals surface area contributed by atoms with Crippen LogP contribution in [-0.2, 0) is 13.1 Å². The predicted octanol–water partition coefficient (Wildman–Crippen LogP) is 6.66. The molecule has 39 heavy (non-hydrogen) atoms. The van der Waals surface area contributed by atoms with Crippen molar-refractivity contribution in [2.75, 3.05) is 6.54 Å². The number of carboxylic acids is 1. The summed E-state index contributed by atoms with van der Waals surface area (Å²) in [4.78, 5) is 30.4. The van der Waals surface area contributed by atoms with Gasteiger partial charge in [0, 0.05) is 48.3 Å². The van der Waals surface area contributed by atoms with Gasteiger partial charge in [0.25, 0.3) is 5.69 Å². The Morgan fingerprint density at radius 1 is 1.00 bits per heavy atom. The standard InChI is InChI=1S/C31H23N3O5/c35-31(36)29-25-11-4-5-12-27(25)32-30-22(18-33(19-26(29)30)17-20-7-2-1-3-8-20)16-24-13-14-28(39-24)21-9-6-10-23(15-21)34(37)38/h1-16H,17-19H2,(H,35,36)/b22-16-. The lowest BCUT2D eigenvalue weighted by molar-refractivity contribution is -0.384. The van der Waals surface area contributed by atoms with E-state index in [1.165, 1.54) is 12.1 Å². The third kappa shape index (κ3) is 4.81. The molecule has 192 valence electrons. The molecule has 0 atom stereocenters. The second kappa shape index (κ2) is 10.00. The molecular formula is C31H23N3O5. The molecule has 8 heteroatoms. The van der Waals surface area contributed by atoms with Gasteiger partial charge in [-0.25, -0.2) is 9.78 Å². The zero-order valence-electron chi connectivity index (χ0n) is 20.8. The maximum absolute atomic E-state index is 12.5. The number of hydrogen-bond acceptors (Lipinski definition) is 6. The van der Waals surface area contributed by atoms with Gasteiger partial charge >= 0.3 is 5.97 Å². The van der Waals surface area contributed by atoms with Crippen LogP contribution in [0.5, 0.6) is 0 Å². The first-order chi connectivity index (χ1) is 19.0. The Bertz CT molecular complexity index is 1760. The summed E-state index contributed by atoms with van der Waals surface area (Å²) in [5, 5.41) is 22.1. The number of aromatic nitrogens is 1. The number of aromatic carboxylic acids is 1. The summed E-state index contributed by atoms with van der Waals surface area (Å²) in [6, 6.07) is 27.2. The molecule has 0 spiro atoms. The van der Waals surface area contributed by atoms with E-state index in [0.717, 1.165) is 11.1 Å². The number of carbonyl (C=O) groups is 1. The van der Waals surface area contributed by atoms with E-state index in [1.54, 1.807) is 30.3 Å². The van der Waals surface area contributed by atoms with E-state index in [9.17, 15) is 20.0 Å². The number of furan rings is 1. The number of hydrogen-bond donors (Lipinski definition) is 1. The molecule has 1 aliphatic heterocycles. The average molecular weight is 518 g/mol. The molecule has 0 bridgehead atoms. The van der Waals surface area contributed by atoms with Crippen molar-refractivity contribution in [2.45, 2.75) is 13.1 Å². The van der Waals surface area contributed by atoms with Gasteiger partial charge in [0.05, 0.1) is 21.7 Å². The van der Waals surface area contributed by atoms with Crippen LogP contribution in [0.2, 0.25) is 0 Å². The Balaban J connectivity index is 1.46. The molecule has 0 aliphatic carbocycles. The highest BCUT2D eigenvalue weighted by atomic mass is 16.6. The molecule has 3 aromatic carbocycles. The zero-order valence-corrected chi connectivity index (χ0v) is 20.8. The molecule has 0 saturated heterocycles. The van der Waals surface area contributed by atoms with Gasteiger partial charge in [-0.05, 0) is 35.4 Å². The van der Waals surface area contributed by atoms with Crippen molar-refractivity contribution in [3.05, 3.63) is 129 Å². The molecular weight excluding hydrogens is 494 g/mol. The number of pyridine rings is 1. The van der Waals surface area contributed by atoms with Crippen LogP contribution in [0, 0.1) is 10.1 Å². The lowest BCUT2D eigenvalue weighted by Crippen LogP contribution is -2.31. The highest BCUT2D eigenvalue weighted by molar-refractivity contribution is 6.06. The maximum atomic E-state index is 12.5. The first kappa shape index (κ1) is 24.3. The Labute approximate surface area is 223 Å². The van der Waals surface area contributed by atoms with Gasteiger partial charge in [0.1, 0.15) is 11.5 Å². The van der Waals surface area contributed by atoms with Crippen LogP contribution in [-0.4, -0.2) is 32.4 Å². The van der Waals surface area contributed by atoms with Crippen LogP contribution < -0.4 is 0 Å². The van der Waals surface area contributed by atoms with E-state index in [-0.39, 0.29) is 11.3 Å². The fourth-order valence-corrected chi connectivity index (χ4v) is 5.11. The largest absolute Gasteiger partial charge is 0.478 e. The topological polar surface area (TPSA) is 110 Å². The van der Waals surface area contributed by atoms with Crippen molar-refractivity contribution in [2.24, 2.45) is 0 Å². The molecule has 0 saturated carbocycles. The Kier molecular flexibility index (Phi) is 6.22. The highest BCUT2D eigenvalue weighted by Crippen LogP contribution is 2.35. The van der Waals surface area contributed by atoms with Gasteiger partial charge in [0.15, 0.2) is 0 Å². The minimum atomic E-state index is -0.989. The van der Waals surface area contributed by atoms with Crippen LogP contribution in [0.3, 0.4) is 0 Å². The van der Waals surface area contributed by atoms with E-state index < -0.39 is 10.9 Å².